The molecule has 3 aromatic rings. The molecule has 13 nitrogen and oxygen atoms in total. The number of aromatic nitrogens is 3. The average Bonchev–Trinajstić information content (AvgIpc) is 3.57. The molecule has 2 saturated heterocycles. The van der Waals surface area contributed by atoms with Crippen LogP contribution < -0.4 is 21.1 Å². The van der Waals surface area contributed by atoms with Crippen molar-refractivity contribution >= 4 is 50.2 Å². The molecule has 0 aliphatic carbocycles. The van der Waals surface area contributed by atoms with Crippen molar-refractivity contribution in [2.45, 2.75) is 43.9 Å². The number of benzene rings is 1. The van der Waals surface area contributed by atoms with E-state index in [4.69, 9.17) is 0 Å². The molecule has 2 aromatic heterocycles. The largest absolute Gasteiger partial charge is 0.369 e. The molecule has 48 heavy (non-hydrogen) atoms. The summed E-state index contributed by atoms with van der Waals surface area (Å²) in [4.78, 5) is 78.6. The number of alkyl halides is 2. The van der Waals surface area contributed by atoms with Crippen LogP contribution in [0.25, 0.3) is 0 Å². The lowest BCUT2D eigenvalue weighted by molar-refractivity contribution is -0.136. The van der Waals surface area contributed by atoms with Gasteiger partial charge in [-0.15, -0.1) is 0 Å². The van der Waals surface area contributed by atoms with Crippen molar-refractivity contribution < 1.29 is 32.8 Å². The maximum atomic E-state index is 13.7. The number of hydrogen-bond acceptors (Lipinski definition) is 8. The van der Waals surface area contributed by atoms with Crippen LogP contribution >= 0.6 is 9.24 Å². The van der Waals surface area contributed by atoms with Crippen LogP contribution in [0.3, 0.4) is 0 Å². The number of rotatable bonds is 6. The molecular formula is C32H30F2N7O6P. The van der Waals surface area contributed by atoms with E-state index in [-0.39, 0.29) is 35.6 Å². The summed E-state index contributed by atoms with van der Waals surface area (Å²) in [5.74, 6) is 3.40. The van der Waals surface area contributed by atoms with Crippen LogP contribution in [0.2, 0.25) is 0 Å². The van der Waals surface area contributed by atoms with Gasteiger partial charge in [-0.2, -0.15) is 13.9 Å². The molecule has 0 bridgehead atoms. The zero-order valence-electron chi connectivity index (χ0n) is 26.0. The van der Waals surface area contributed by atoms with Crippen molar-refractivity contribution in [2.24, 2.45) is 13.0 Å². The third-order valence-corrected chi connectivity index (χ3v) is 8.99. The van der Waals surface area contributed by atoms with E-state index in [1.165, 1.54) is 27.2 Å². The van der Waals surface area contributed by atoms with Gasteiger partial charge < -0.3 is 14.8 Å². The second-order valence-corrected chi connectivity index (χ2v) is 13.1. The van der Waals surface area contributed by atoms with Crippen molar-refractivity contribution in [2.75, 3.05) is 23.3 Å². The summed E-state index contributed by atoms with van der Waals surface area (Å²) in [5, 5.41) is 8.96. The number of hydrogen-bond donors (Lipinski definition) is 2. The molecule has 2 unspecified atom stereocenters. The Morgan fingerprint density at radius 3 is 2.46 bits per heavy atom. The molecule has 16 heteroatoms. The Morgan fingerprint density at radius 1 is 1.06 bits per heavy atom. The predicted molar refractivity (Wildman–Crippen MR) is 171 cm³/mol. The molecule has 5 amide bonds. The van der Waals surface area contributed by atoms with Crippen molar-refractivity contribution in [3.8, 4) is 11.8 Å². The normalized spacial score (nSPS) is 18.2. The van der Waals surface area contributed by atoms with Crippen molar-refractivity contribution in [3.63, 3.8) is 0 Å². The first-order chi connectivity index (χ1) is 22.6. The Morgan fingerprint density at radius 2 is 1.77 bits per heavy atom. The monoisotopic (exact) mass is 677 g/mol. The first kappa shape index (κ1) is 32.7. The quantitative estimate of drug-likeness (QED) is 0.227. The lowest BCUT2D eigenvalue weighted by Crippen LogP contribution is -2.54. The number of amides is 5. The van der Waals surface area contributed by atoms with Crippen LogP contribution in [0.5, 0.6) is 0 Å². The summed E-state index contributed by atoms with van der Waals surface area (Å²) in [6.07, 6.45) is 3.22. The van der Waals surface area contributed by atoms with Crippen LogP contribution in [-0.2, 0) is 32.6 Å². The van der Waals surface area contributed by atoms with E-state index in [1.807, 2.05) is 4.90 Å². The van der Waals surface area contributed by atoms with E-state index in [9.17, 15) is 37.5 Å². The number of fused-ring (bicyclic) bond motifs is 1. The summed E-state index contributed by atoms with van der Waals surface area (Å²) >= 11 is 0. The number of halogens is 2. The van der Waals surface area contributed by atoms with E-state index in [0.717, 1.165) is 27.3 Å². The van der Waals surface area contributed by atoms with E-state index < -0.39 is 58.0 Å². The predicted octanol–water partition coefficient (Wildman–Crippen LogP) is 1.77. The molecule has 3 aliphatic heterocycles. The molecule has 5 heterocycles. The van der Waals surface area contributed by atoms with Gasteiger partial charge in [0.05, 0.1) is 34.5 Å². The van der Waals surface area contributed by atoms with E-state index in [2.05, 4.69) is 27.6 Å². The maximum Gasteiger partial charge on any atom is 0.298 e. The Bertz CT molecular complexity index is 2030. The molecule has 248 valence electrons. The molecule has 3 aliphatic rings. The van der Waals surface area contributed by atoms with Crippen molar-refractivity contribution in [1.29, 1.82) is 0 Å². The second-order valence-electron chi connectivity index (χ2n) is 12.4. The Balaban J connectivity index is 1.08. The molecule has 2 fully saturated rings. The highest BCUT2D eigenvalue weighted by molar-refractivity contribution is 7.17. The highest BCUT2D eigenvalue weighted by Crippen LogP contribution is 2.35. The number of nitrogens with one attached hydrogen (secondary N) is 2. The zero-order valence-corrected chi connectivity index (χ0v) is 27.2. The lowest BCUT2D eigenvalue weighted by Gasteiger charge is -2.38. The minimum atomic E-state index is -3.31. The summed E-state index contributed by atoms with van der Waals surface area (Å²) in [7, 11) is 2.57. The lowest BCUT2D eigenvalue weighted by atomic mass is 9.98. The van der Waals surface area contributed by atoms with Crippen molar-refractivity contribution in [1.82, 2.24) is 24.6 Å². The standard InChI is InChI=1S/C32H30F2N7O6P/c1-31(2,30(47)36-22-8-10-24(32(33,34)48)38(3)29(22)46)40-16-17(13-35-40)4-5-18-14-39(15-18)19-6-7-20-21(12-19)28(45)41(27(20)44)23-9-11-25(42)37-26(23)43/h6-8,10,12-13,16,18,23H,9,11,14-15,48H2,1-3H3,(H,36,47)(H,37,42,43). The Labute approximate surface area is 274 Å². The molecular weight excluding hydrogens is 647 g/mol. The topological polar surface area (TPSA) is 156 Å². The number of carbonyl (C=O) groups is 5. The molecule has 6 rings (SSSR count). The van der Waals surface area contributed by atoms with Gasteiger partial charge in [0.25, 0.3) is 28.9 Å². The number of nitrogens with zero attached hydrogens (tertiary/aromatic N) is 5. The van der Waals surface area contributed by atoms with Gasteiger partial charge in [-0.1, -0.05) is 21.1 Å². The van der Waals surface area contributed by atoms with Crippen LogP contribution in [-0.4, -0.2) is 67.9 Å². The Hall–Kier alpha value is -5.22. The molecule has 1 aromatic carbocycles. The SMILES string of the molecule is Cn1c(C(F)(F)P)ccc(NC(=O)C(C)(C)n2cc(C#CC3CN(c4ccc5c(c4)C(=O)N(C4CCC(=O)NC4=O)C5=O)C3)cn2)c1=O. The minimum Gasteiger partial charge on any atom is -0.369 e. The first-order valence-electron chi connectivity index (χ1n) is 14.9. The Kier molecular flexibility index (Phi) is 8.03. The fourth-order valence-electron chi connectivity index (χ4n) is 5.76. The van der Waals surface area contributed by atoms with Gasteiger partial charge in [-0.25, -0.2) is 0 Å². The van der Waals surface area contributed by atoms with E-state index in [0.29, 0.717) is 18.7 Å². The number of imide groups is 2. The fraction of sp³-hybridized carbons (Fsp3) is 0.344. The summed E-state index contributed by atoms with van der Waals surface area (Å²) < 4.78 is 29.7. The highest BCUT2D eigenvalue weighted by Gasteiger charge is 2.45. The fourth-order valence-corrected chi connectivity index (χ4v) is 6.05. The van der Waals surface area contributed by atoms with Crippen LogP contribution in [0.15, 0.2) is 47.5 Å². The van der Waals surface area contributed by atoms with Crippen molar-refractivity contribution in [3.05, 3.63) is 75.5 Å². The highest BCUT2D eigenvalue weighted by atomic mass is 31.0. The van der Waals surface area contributed by atoms with E-state index in [1.54, 1.807) is 38.2 Å². The molecule has 2 N–H and O–H groups in total. The third-order valence-electron chi connectivity index (χ3n) is 8.70. The van der Waals surface area contributed by atoms with Gasteiger partial charge >= 0.3 is 0 Å². The van der Waals surface area contributed by atoms with Gasteiger partial charge in [-0.05, 0) is 50.6 Å². The summed E-state index contributed by atoms with van der Waals surface area (Å²) in [6, 6.07) is 6.12. The van der Waals surface area contributed by atoms with Crippen LogP contribution in [0, 0.1) is 17.8 Å². The molecule has 0 radical (unpaired) electrons. The van der Waals surface area contributed by atoms with Gasteiger partial charge in [-0.3, -0.25) is 43.7 Å². The summed E-state index contributed by atoms with van der Waals surface area (Å²) in [6.45, 7) is 4.29. The number of carbonyl (C=O) groups excluding carboxylic acids is 5. The number of anilines is 2. The van der Waals surface area contributed by atoms with Crippen LogP contribution in [0.4, 0.5) is 20.2 Å². The average molecular weight is 678 g/mol. The minimum absolute atomic E-state index is 0.0108. The number of piperidine rings is 1. The van der Waals surface area contributed by atoms with Gasteiger partial charge in [0.2, 0.25) is 11.8 Å². The molecule has 0 spiro atoms. The third kappa shape index (κ3) is 5.77. The first-order valence-corrected chi connectivity index (χ1v) is 15.5. The van der Waals surface area contributed by atoms with E-state index >= 15 is 0 Å². The molecule has 2 atom stereocenters. The number of pyridine rings is 1. The second kappa shape index (κ2) is 11.8. The molecule has 0 saturated carbocycles. The van der Waals surface area contributed by atoms with Gasteiger partial charge in [0.15, 0.2) is 0 Å². The zero-order chi connectivity index (χ0) is 34.7. The summed E-state index contributed by atoms with van der Waals surface area (Å²) in [5.41, 5.74) is -4.34. The van der Waals surface area contributed by atoms with Gasteiger partial charge in [0.1, 0.15) is 17.3 Å². The van der Waals surface area contributed by atoms with Crippen LogP contribution in [0.1, 0.15) is 58.7 Å². The van der Waals surface area contributed by atoms with Gasteiger partial charge in [0, 0.05) is 38.4 Å². The maximum absolute atomic E-state index is 13.7. The smallest absolute Gasteiger partial charge is 0.298 e.